The van der Waals surface area contributed by atoms with E-state index in [1.807, 2.05) is 47.0 Å². The molecule has 4 heterocycles. The van der Waals surface area contributed by atoms with Crippen LogP contribution in [0.4, 0.5) is 0 Å². The van der Waals surface area contributed by atoms with Crippen molar-refractivity contribution in [3.8, 4) is 33.5 Å². The molecular formula is C24H21N5O3S2. The first kappa shape index (κ1) is 22.2. The molecule has 0 aliphatic rings. The predicted octanol–water partition coefficient (Wildman–Crippen LogP) is 5.41. The van der Waals surface area contributed by atoms with Crippen molar-refractivity contribution in [1.29, 1.82) is 0 Å². The van der Waals surface area contributed by atoms with Crippen LogP contribution < -0.4 is 9.47 Å². The molecule has 0 saturated heterocycles. The second kappa shape index (κ2) is 10.1. The minimum absolute atomic E-state index is 0.524. The number of ether oxygens (including phenoxy) is 2. The van der Waals surface area contributed by atoms with E-state index in [0.717, 1.165) is 38.6 Å². The third-order valence-electron chi connectivity index (χ3n) is 5.06. The van der Waals surface area contributed by atoms with Gasteiger partial charge in [0.1, 0.15) is 10.8 Å². The van der Waals surface area contributed by atoms with E-state index in [0.29, 0.717) is 23.8 Å². The Morgan fingerprint density at radius 1 is 1.06 bits per heavy atom. The van der Waals surface area contributed by atoms with Crippen molar-refractivity contribution in [2.45, 2.75) is 17.5 Å². The molecule has 0 unspecified atom stereocenters. The van der Waals surface area contributed by atoms with E-state index in [1.54, 1.807) is 56.0 Å². The molecule has 0 aliphatic carbocycles. The number of rotatable bonds is 9. The SMILES string of the molecule is COc1cccc(-c2nc(CSc3nnc(-c4cccnc4)n3Cc3ccco3)cs2)c1OC. The number of nitrogens with zero attached hydrogens (tertiary/aromatic N) is 5. The summed E-state index contributed by atoms with van der Waals surface area (Å²) in [5, 5.41) is 12.6. The van der Waals surface area contributed by atoms with Crippen LogP contribution in [-0.2, 0) is 12.3 Å². The summed E-state index contributed by atoms with van der Waals surface area (Å²) in [5.74, 6) is 3.57. The zero-order valence-corrected chi connectivity index (χ0v) is 20.2. The Labute approximate surface area is 204 Å². The van der Waals surface area contributed by atoms with Crippen molar-refractivity contribution >= 4 is 23.1 Å². The number of para-hydroxylation sites is 1. The lowest BCUT2D eigenvalue weighted by molar-refractivity contribution is 0.356. The zero-order chi connectivity index (χ0) is 23.3. The van der Waals surface area contributed by atoms with Gasteiger partial charge in [-0.05, 0) is 36.4 Å². The van der Waals surface area contributed by atoms with Crippen LogP contribution in [-0.4, -0.2) is 39.0 Å². The Balaban J connectivity index is 1.39. The van der Waals surface area contributed by atoms with Crippen LogP contribution in [0.5, 0.6) is 11.5 Å². The topological polar surface area (TPSA) is 88.1 Å². The summed E-state index contributed by atoms with van der Waals surface area (Å²) in [6, 6.07) is 13.5. The Hall–Kier alpha value is -3.63. The summed E-state index contributed by atoms with van der Waals surface area (Å²) in [4.78, 5) is 9.05. The van der Waals surface area contributed by atoms with Crippen molar-refractivity contribution in [2.75, 3.05) is 14.2 Å². The van der Waals surface area contributed by atoms with E-state index in [1.165, 1.54) is 0 Å². The number of thiazole rings is 1. The minimum atomic E-state index is 0.524. The van der Waals surface area contributed by atoms with Gasteiger partial charge in [-0.1, -0.05) is 17.8 Å². The van der Waals surface area contributed by atoms with Gasteiger partial charge < -0.3 is 13.9 Å². The molecule has 0 aliphatic heterocycles. The third-order valence-corrected chi connectivity index (χ3v) is 6.99. The monoisotopic (exact) mass is 491 g/mol. The highest BCUT2D eigenvalue weighted by Gasteiger charge is 2.18. The molecule has 4 aromatic heterocycles. The van der Waals surface area contributed by atoms with Gasteiger partial charge in [-0.25, -0.2) is 4.98 Å². The summed E-state index contributed by atoms with van der Waals surface area (Å²) in [6.07, 6.45) is 5.19. The maximum absolute atomic E-state index is 5.57. The maximum atomic E-state index is 5.57. The zero-order valence-electron chi connectivity index (χ0n) is 18.5. The highest BCUT2D eigenvalue weighted by molar-refractivity contribution is 7.98. The Morgan fingerprint density at radius 3 is 2.76 bits per heavy atom. The average Bonchev–Trinajstić information content (AvgIpc) is 3.65. The van der Waals surface area contributed by atoms with Gasteiger partial charge in [0.2, 0.25) is 0 Å². The molecule has 0 saturated carbocycles. The fourth-order valence-electron chi connectivity index (χ4n) is 3.50. The van der Waals surface area contributed by atoms with Gasteiger partial charge in [-0.3, -0.25) is 9.55 Å². The lowest BCUT2D eigenvalue weighted by atomic mass is 10.2. The van der Waals surface area contributed by atoms with Gasteiger partial charge in [0.05, 0.1) is 38.3 Å². The quantitative estimate of drug-likeness (QED) is 0.253. The van der Waals surface area contributed by atoms with Crippen LogP contribution in [0.15, 0.2) is 76.1 Å². The van der Waals surface area contributed by atoms with Crippen LogP contribution in [0.3, 0.4) is 0 Å². The molecule has 34 heavy (non-hydrogen) atoms. The van der Waals surface area contributed by atoms with Crippen molar-refractivity contribution in [1.82, 2.24) is 24.7 Å². The second-order valence-corrected chi connectivity index (χ2v) is 8.99. The highest BCUT2D eigenvalue weighted by Crippen LogP contribution is 2.39. The lowest BCUT2D eigenvalue weighted by Gasteiger charge is -2.10. The molecule has 0 atom stereocenters. The summed E-state index contributed by atoms with van der Waals surface area (Å²) in [6.45, 7) is 0.524. The highest BCUT2D eigenvalue weighted by atomic mass is 32.2. The van der Waals surface area contributed by atoms with Gasteiger partial charge in [-0.2, -0.15) is 0 Å². The standard InChI is InChI=1S/C24H21N5O3S2/c1-30-20-9-3-8-19(21(20)31-2)23-26-17(14-33-23)15-34-24-28-27-22(16-6-4-10-25-12-16)29(24)13-18-7-5-11-32-18/h3-12,14H,13,15H2,1-2H3. The average molecular weight is 492 g/mol. The van der Waals surface area contributed by atoms with Crippen molar-refractivity contribution in [3.63, 3.8) is 0 Å². The van der Waals surface area contributed by atoms with Crippen molar-refractivity contribution < 1.29 is 13.9 Å². The molecule has 8 nitrogen and oxygen atoms in total. The Bertz CT molecular complexity index is 1370. The fraction of sp³-hybridized carbons (Fsp3) is 0.167. The number of methoxy groups -OCH3 is 2. The maximum Gasteiger partial charge on any atom is 0.192 e. The molecule has 5 rings (SSSR count). The van der Waals surface area contributed by atoms with E-state index in [4.69, 9.17) is 18.9 Å². The molecule has 5 aromatic rings. The van der Waals surface area contributed by atoms with Crippen LogP contribution in [0.2, 0.25) is 0 Å². The number of aromatic nitrogens is 5. The molecule has 172 valence electrons. The summed E-state index contributed by atoms with van der Waals surface area (Å²) >= 11 is 3.15. The molecular weight excluding hydrogens is 470 g/mol. The number of thioether (sulfide) groups is 1. The Morgan fingerprint density at radius 2 is 2.00 bits per heavy atom. The molecule has 0 N–H and O–H groups in total. The number of furan rings is 1. The largest absolute Gasteiger partial charge is 0.493 e. The predicted molar refractivity (Wildman–Crippen MR) is 131 cm³/mol. The first-order valence-corrected chi connectivity index (χ1v) is 12.3. The van der Waals surface area contributed by atoms with Crippen LogP contribution in [0.25, 0.3) is 22.0 Å². The van der Waals surface area contributed by atoms with E-state index in [9.17, 15) is 0 Å². The third kappa shape index (κ3) is 4.55. The van der Waals surface area contributed by atoms with Crippen molar-refractivity contribution in [2.24, 2.45) is 0 Å². The lowest BCUT2D eigenvalue weighted by Crippen LogP contribution is -2.03. The number of hydrogen-bond donors (Lipinski definition) is 0. The van der Waals surface area contributed by atoms with Crippen molar-refractivity contribution in [3.05, 3.63) is 78.0 Å². The van der Waals surface area contributed by atoms with Gasteiger partial charge >= 0.3 is 0 Å². The number of hydrogen-bond acceptors (Lipinski definition) is 9. The fourth-order valence-corrected chi connectivity index (χ4v) is 5.27. The number of pyridine rings is 1. The molecule has 0 fully saturated rings. The molecule has 10 heteroatoms. The molecule has 1 aromatic carbocycles. The second-order valence-electron chi connectivity index (χ2n) is 7.19. The molecule has 0 amide bonds. The normalized spacial score (nSPS) is 11.0. The van der Waals surface area contributed by atoms with E-state index in [2.05, 4.69) is 20.6 Å². The Kier molecular flexibility index (Phi) is 6.59. The van der Waals surface area contributed by atoms with Crippen LogP contribution >= 0.6 is 23.1 Å². The summed E-state index contributed by atoms with van der Waals surface area (Å²) < 4.78 is 18.6. The van der Waals surface area contributed by atoms with Crippen LogP contribution in [0.1, 0.15) is 11.5 Å². The summed E-state index contributed by atoms with van der Waals surface area (Å²) in [5.41, 5.74) is 2.75. The van der Waals surface area contributed by atoms with Gasteiger partial charge in [0, 0.05) is 29.1 Å². The number of benzene rings is 1. The minimum Gasteiger partial charge on any atom is -0.493 e. The molecule has 0 spiro atoms. The molecule has 0 bridgehead atoms. The van der Waals surface area contributed by atoms with E-state index < -0.39 is 0 Å². The smallest absolute Gasteiger partial charge is 0.192 e. The summed E-state index contributed by atoms with van der Waals surface area (Å²) in [7, 11) is 3.27. The van der Waals surface area contributed by atoms with Gasteiger partial charge in [0.15, 0.2) is 22.5 Å². The van der Waals surface area contributed by atoms with Crippen LogP contribution in [0, 0.1) is 0 Å². The first-order valence-electron chi connectivity index (χ1n) is 10.4. The van der Waals surface area contributed by atoms with Gasteiger partial charge in [0.25, 0.3) is 0 Å². The van der Waals surface area contributed by atoms with Gasteiger partial charge in [-0.15, -0.1) is 21.5 Å². The molecule has 0 radical (unpaired) electrons. The van der Waals surface area contributed by atoms with E-state index in [-0.39, 0.29) is 0 Å². The first-order chi connectivity index (χ1) is 16.8. The van der Waals surface area contributed by atoms with E-state index >= 15 is 0 Å².